The van der Waals surface area contributed by atoms with Crippen LogP contribution in [0.2, 0.25) is 5.02 Å². The van der Waals surface area contributed by atoms with E-state index in [2.05, 4.69) is 20.2 Å². The molecule has 19 heteroatoms. The van der Waals surface area contributed by atoms with Crippen LogP contribution in [0.5, 0.6) is 0 Å². The van der Waals surface area contributed by atoms with Crippen molar-refractivity contribution in [3.63, 3.8) is 0 Å². The van der Waals surface area contributed by atoms with E-state index in [1.54, 1.807) is 31.5 Å². The van der Waals surface area contributed by atoms with Gasteiger partial charge in [0.05, 0.1) is 52.3 Å². The second-order valence-corrected chi connectivity index (χ2v) is 15.9. The van der Waals surface area contributed by atoms with Gasteiger partial charge in [0.2, 0.25) is 0 Å². The molecule has 8 rings (SSSR count). The van der Waals surface area contributed by atoms with Crippen LogP contribution in [-0.4, -0.2) is 53.3 Å². The summed E-state index contributed by atoms with van der Waals surface area (Å²) >= 11 is 7.99. The number of benzene rings is 2. The van der Waals surface area contributed by atoms with Gasteiger partial charge in [0, 0.05) is 54.5 Å². The number of ether oxygens (including phenoxy) is 1. The van der Waals surface area contributed by atoms with Crippen LogP contribution < -0.4 is 15.6 Å². The molecule has 0 saturated heterocycles. The normalized spacial score (nSPS) is 17.6. The summed E-state index contributed by atoms with van der Waals surface area (Å²) in [6.45, 7) is 3.64. The van der Waals surface area contributed by atoms with Gasteiger partial charge in [0.25, 0.3) is 12.0 Å². The van der Waals surface area contributed by atoms with Crippen LogP contribution >= 0.6 is 23.5 Å². The Morgan fingerprint density at radius 2 is 1.86 bits per heavy atom. The minimum atomic E-state index is -3.59. The van der Waals surface area contributed by atoms with Crippen molar-refractivity contribution in [3.05, 3.63) is 114 Å². The van der Waals surface area contributed by atoms with Gasteiger partial charge in [-0.3, -0.25) is 24.0 Å². The molecule has 3 aliphatic rings. The first-order valence-corrected chi connectivity index (χ1v) is 20.0. The van der Waals surface area contributed by atoms with Crippen LogP contribution in [0.3, 0.4) is 0 Å². The first kappa shape index (κ1) is 40.0. The largest absolute Gasteiger partial charge is 0.498 e. The number of nitrogens with zero attached hydrogens (tertiary/aromatic N) is 6. The zero-order valence-electron chi connectivity index (χ0n) is 31.5. The fraction of sp³-hybridized carbons (Fsp3) is 0.385. The Balaban J connectivity index is 1.30. The van der Waals surface area contributed by atoms with Gasteiger partial charge in [-0.15, -0.1) is 0 Å². The number of hydrogen-bond donors (Lipinski definition) is 3. The highest BCUT2D eigenvalue weighted by Crippen LogP contribution is 2.63. The summed E-state index contributed by atoms with van der Waals surface area (Å²) in [4.78, 5) is 19.9. The highest BCUT2D eigenvalue weighted by Gasteiger charge is 2.60. The first-order chi connectivity index (χ1) is 27.6. The molecule has 0 aliphatic heterocycles. The Bertz CT molecular complexity index is 2570. The molecule has 0 radical (unpaired) electrons. The maximum atomic E-state index is 15.4. The lowest BCUT2D eigenvalue weighted by Gasteiger charge is -2.28. The van der Waals surface area contributed by atoms with Crippen molar-refractivity contribution in [1.82, 2.24) is 34.4 Å². The molecular weight excluding hydrogens is 810 g/mol. The van der Waals surface area contributed by atoms with Gasteiger partial charge < -0.3 is 14.6 Å². The van der Waals surface area contributed by atoms with E-state index in [0.29, 0.717) is 56.8 Å². The van der Waals surface area contributed by atoms with Crippen molar-refractivity contribution in [1.29, 1.82) is 0 Å². The van der Waals surface area contributed by atoms with E-state index in [1.165, 1.54) is 27.3 Å². The number of alkyl halides is 4. The number of aliphatic hydroxyl groups excluding tert-OH is 1. The Morgan fingerprint density at radius 3 is 2.55 bits per heavy atom. The van der Waals surface area contributed by atoms with Crippen LogP contribution in [0.4, 0.5) is 32.2 Å². The van der Waals surface area contributed by atoms with Crippen molar-refractivity contribution >= 4 is 46.3 Å². The maximum absolute atomic E-state index is 15.4. The highest BCUT2D eigenvalue weighted by molar-refractivity contribution is 7.99. The van der Waals surface area contributed by atoms with Crippen LogP contribution in [-0.2, 0) is 37.1 Å². The summed E-state index contributed by atoms with van der Waals surface area (Å²) in [6, 6.07) is 4.71. The maximum Gasteiger partial charge on any atom is 0.311 e. The second-order valence-electron chi connectivity index (χ2n) is 14.9. The number of rotatable bonds is 14. The van der Waals surface area contributed by atoms with Gasteiger partial charge in [-0.25, -0.2) is 22.5 Å². The molecule has 3 aromatic heterocycles. The molecule has 0 saturated carbocycles. The number of hydrogen-bond acceptors (Lipinski definition) is 9. The predicted molar refractivity (Wildman–Crippen MR) is 207 cm³/mol. The van der Waals surface area contributed by atoms with E-state index < -0.39 is 65.7 Å². The van der Waals surface area contributed by atoms with Gasteiger partial charge in [-0.05, 0) is 48.6 Å². The molecule has 0 bridgehead atoms. The highest BCUT2D eigenvalue weighted by atomic mass is 35.5. The van der Waals surface area contributed by atoms with Crippen LogP contribution in [0.25, 0.3) is 22.7 Å². The summed E-state index contributed by atoms with van der Waals surface area (Å²) in [5.41, 5.74) is -1.29. The second kappa shape index (κ2) is 15.1. The molecule has 11 nitrogen and oxygen atoms in total. The standard InChI is InChI=1S/C39H37ClF6N8O3S/c1-17(2)16-57-21-5-6-22-26(13-21)48-37(54(38(22)56)28-8-7-25(40)31-33(28)52(3)50-36(31)51-58-4)27(11-18-9-19(41)12-20(42)10-18)47-29(55)15-53-34-30(32(49-53)35(43)44)23-14-24(23)39(34,45)46/h7-10,12-14,17,23,27,29,35,47,55H,5-6,11,15-16H2,1-4H3,(H,50,51)/t23?,27-,29?/m0/s1. The average Bonchev–Trinajstić information content (AvgIpc) is 3.69. The monoisotopic (exact) mass is 846 g/mol. The smallest absolute Gasteiger partial charge is 0.311 e. The van der Waals surface area contributed by atoms with Crippen LogP contribution in [0.1, 0.15) is 78.3 Å². The zero-order valence-corrected chi connectivity index (χ0v) is 33.0. The summed E-state index contributed by atoms with van der Waals surface area (Å²) in [7, 11) is 1.66. The molecule has 3 aliphatic carbocycles. The Kier molecular flexibility index (Phi) is 10.4. The third-order valence-corrected chi connectivity index (χ3v) is 11.0. The van der Waals surface area contributed by atoms with Crippen LogP contribution in [0.15, 0.2) is 52.5 Å². The number of halogens is 7. The Labute approximate surface area is 336 Å². The van der Waals surface area contributed by atoms with Gasteiger partial charge >= 0.3 is 5.92 Å². The topological polar surface area (TPSA) is 124 Å². The number of allylic oxidation sites excluding steroid dienone is 3. The summed E-state index contributed by atoms with van der Waals surface area (Å²) in [5, 5.41) is 23.7. The molecule has 306 valence electrons. The number of nitrogens with one attached hydrogen (secondary N) is 2. The minimum absolute atomic E-state index is 0.0475. The van der Waals surface area contributed by atoms with Crippen LogP contribution in [0, 0.1) is 17.6 Å². The number of aliphatic hydroxyl groups is 1. The quantitative estimate of drug-likeness (QED) is 0.0444. The van der Waals surface area contributed by atoms with Crippen molar-refractivity contribution in [3.8, 4) is 5.69 Å². The van der Waals surface area contributed by atoms with Crippen molar-refractivity contribution in [2.24, 2.45) is 13.0 Å². The molecule has 3 N–H and O–H groups in total. The molecule has 3 heterocycles. The molecular formula is C39H37ClF6N8O3S. The Morgan fingerprint density at radius 1 is 1.12 bits per heavy atom. The van der Waals surface area contributed by atoms with Crippen molar-refractivity contribution in [2.75, 3.05) is 17.6 Å². The lowest BCUT2D eigenvalue weighted by atomic mass is 9.99. The third-order valence-electron chi connectivity index (χ3n) is 10.3. The van der Waals surface area contributed by atoms with Gasteiger partial charge in [-0.1, -0.05) is 43.5 Å². The molecule has 0 fully saturated rings. The number of fused-ring (bicyclic) bond motifs is 5. The molecule has 0 spiro atoms. The van der Waals surface area contributed by atoms with Gasteiger partial charge in [-0.2, -0.15) is 19.0 Å². The fourth-order valence-corrected chi connectivity index (χ4v) is 8.43. The van der Waals surface area contributed by atoms with E-state index in [-0.39, 0.29) is 52.7 Å². The third kappa shape index (κ3) is 7.06. The fourth-order valence-electron chi connectivity index (χ4n) is 7.85. The minimum Gasteiger partial charge on any atom is -0.498 e. The summed E-state index contributed by atoms with van der Waals surface area (Å²) < 4.78 is 101. The number of aromatic nitrogens is 6. The number of anilines is 1. The average molecular weight is 847 g/mol. The van der Waals surface area contributed by atoms with Gasteiger partial charge in [0.1, 0.15) is 35.1 Å². The summed E-state index contributed by atoms with van der Waals surface area (Å²) in [5.74, 6) is -5.20. The van der Waals surface area contributed by atoms with E-state index >= 15 is 8.78 Å². The lowest BCUT2D eigenvalue weighted by molar-refractivity contribution is 0.0314. The van der Waals surface area contributed by atoms with Crippen molar-refractivity contribution in [2.45, 2.75) is 70.2 Å². The molecule has 0 amide bonds. The van der Waals surface area contributed by atoms with E-state index in [9.17, 15) is 27.5 Å². The van der Waals surface area contributed by atoms with E-state index in [4.69, 9.17) is 21.3 Å². The lowest BCUT2D eigenvalue weighted by Crippen LogP contribution is -2.41. The van der Waals surface area contributed by atoms with E-state index in [1.807, 2.05) is 13.8 Å². The molecule has 3 atom stereocenters. The summed E-state index contributed by atoms with van der Waals surface area (Å²) in [6.07, 6.45) is 0.0360. The molecule has 2 unspecified atom stereocenters. The Hall–Kier alpha value is -4.78. The molecule has 2 aromatic carbocycles. The zero-order chi connectivity index (χ0) is 41.4. The van der Waals surface area contributed by atoms with E-state index in [0.717, 1.165) is 12.1 Å². The molecule has 5 aromatic rings. The predicted octanol–water partition coefficient (Wildman–Crippen LogP) is 7.86. The van der Waals surface area contributed by atoms with Crippen molar-refractivity contribution < 1.29 is 36.2 Å². The molecule has 58 heavy (non-hydrogen) atoms. The van der Waals surface area contributed by atoms with Gasteiger partial charge in [0.15, 0.2) is 5.82 Å². The SMILES string of the molecule is CSNc1nn(C)c2c(-n3c([C@H](Cc4cc(F)cc(F)c4)NC(O)Cn4nc(C(F)F)c5c4C(F)(F)C4=CC45)nc4c(c3=O)CCC(OCC(C)C)=C4)ccc(Cl)c12. The first-order valence-electron chi connectivity index (χ1n) is 18.4. The number of aryl methyl sites for hydroxylation is 1.